The third kappa shape index (κ3) is 2.54. The molecule has 3 nitrogen and oxygen atoms in total. The third-order valence-electron chi connectivity index (χ3n) is 2.71. The first kappa shape index (κ1) is 12.6. The SMILES string of the molecule is CNC(c1cc(Br)ccc1Cl)c1ccnn1C. The quantitative estimate of drug-likeness (QED) is 0.943. The van der Waals surface area contributed by atoms with E-state index in [0.29, 0.717) is 0 Å². The van der Waals surface area contributed by atoms with E-state index in [1.165, 1.54) is 0 Å². The predicted molar refractivity (Wildman–Crippen MR) is 73.3 cm³/mol. The second kappa shape index (κ2) is 5.21. The second-order valence-corrected chi connectivity index (χ2v) is 5.09. The van der Waals surface area contributed by atoms with E-state index < -0.39 is 0 Å². The lowest BCUT2D eigenvalue weighted by atomic mass is 10.0. The average molecular weight is 315 g/mol. The summed E-state index contributed by atoms with van der Waals surface area (Å²) < 4.78 is 2.86. The lowest BCUT2D eigenvalue weighted by Gasteiger charge is -2.18. The van der Waals surface area contributed by atoms with E-state index >= 15 is 0 Å². The van der Waals surface area contributed by atoms with Crippen LogP contribution < -0.4 is 5.32 Å². The standard InChI is InChI=1S/C12H13BrClN3/c1-15-12(11-5-6-16-17(11)2)9-7-8(13)3-4-10(9)14/h3-7,12,15H,1-2H3. The van der Waals surface area contributed by atoms with E-state index in [4.69, 9.17) is 11.6 Å². The molecule has 1 N–H and O–H groups in total. The summed E-state index contributed by atoms with van der Waals surface area (Å²) in [4.78, 5) is 0. The highest BCUT2D eigenvalue weighted by atomic mass is 79.9. The van der Waals surface area contributed by atoms with Crippen LogP contribution in [0.2, 0.25) is 5.02 Å². The van der Waals surface area contributed by atoms with Crippen molar-refractivity contribution in [3.8, 4) is 0 Å². The summed E-state index contributed by atoms with van der Waals surface area (Å²) >= 11 is 9.72. The number of hydrogen-bond donors (Lipinski definition) is 1. The molecule has 5 heteroatoms. The minimum Gasteiger partial charge on any atom is -0.308 e. The minimum atomic E-state index is 0.0347. The summed E-state index contributed by atoms with van der Waals surface area (Å²) in [6.45, 7) is 0. The molecule has 1 aromatic carbocycles. The van der Waals surface area contributed by atoms with Gasteiger partial charge in [-0.2, -0.15) is 5.10 Å². The zero-order chi connectivity index (χ0) is 12.4. The number of nitrogens with zero attached hydrogens (tertiary/aromatic N) is 2. The summed E-state index contributed by atoms with van der Waals surface area (Å²) in [5, 5.41) is 8.19. The Balaban J connectivity index is 2.49. The monoisotopic (exact) mass is 313 g/mol. The van der Waals surface area contributed by atoms with E-state index in [1.54, 1.807) is 6.20 Å². The Labute approximate surface area is 114 Å². The third-order valence-corrected chi connectivity index (χ3v) is 3.55. The Bertz CT molecular complexity index is 524. The van der Waals surface area contributed by atoms with Gasteiger partial charge < -0.3 is 5.32 Å². The number of benzene rings is 1. The summed E-state index contributed by atoms with van der Waals surface area (Å²) in [6.07, 6.45) is 1.78. The smallest absolute Gasteiger partial charge is 0.0760 e. The first-order valence-electron chi connectivity index (χ1n) is 5.23. The fraction of sp³-hybridized carbons (Fsp3) is 0.250. The van der Waals surface area contributed by atoms with Crippen LogP contribution in [0.1, 0.15) is 17.3 Å². The van der Waals surface area contributed by atoms with Crippen LogP contribution in [0, 0.1) is 0 Å². The molecule has 1 aromatic heterocycles. The molecule has 90 valence electrons. The van der Waals surface area contributed by atoms with E-state index in [9.17, 15) is 0 Å². The molecule has 0 saturated carbocycles. The molecule has 0 aliphatic carbocycles. The summed E-state index contributed by atoms with van der Waals surface area (Å²) in [6, 6.07) is 7.87. The Morgan fingerprint density at radius 1 is 1.41 bits per heavy atom. The molecule has 1 heterocycles. The van der Waals surface area contributed by atoms with Crippen LogP contribution in [-0.2, 0) is 7.05 Å². The van der Waals surface area contributed by atoms with Crippen LogP contribution in [0.5, 0.6) is 0 Å². The van der Waals surface area contributed by atoms with Gasteiger partial charge in [0.15, 0.2) is 0 Å². The van der Waals surface area contributed by atoms with Crippen molar-refractivity contribution in [2.75, 3.05) is 7.05 Å². The van der Waals surface area contributed by atoms with Gasteiger partial charge in [0.1, 0.15) is 0 Å². The number of aryl methyl sites for hydroxylation is 1. The second-order valence-electron chi connectivity index (χ2n) is 3.77. The molecule has 2 rings (SSSR count). The molecule has 1 unspecified atom stereocenters. The Kier molecular flexibility index (Phi) is 3.86. The van der Waals surface area contributed by atoms with Crippen LogP contribution in [0.15, 0.2) is 34.9 Å². The zero-order valence-electron chi connectivity index (χ0n) is 9.61. The van der Waals surface area contributed by atoms with Crippen molar-refractivity contribution in [3.05, 3.63) is 51.2 Å². The number of nitrogens with one attached hydrogen (secondary N) is 1. The number of halogens is 2. The fourth-order valence-corrected chi connectivity index (χ4v) is 2.47. The largest absolute Gasteiger partial charge is 0.308 e. The van der Waals surface area contributed by atoms with Crippen molar-refractivity contribution in [2.45, 2.75) is 6.04 Å². The summed E-state index contributed by atoms with van der Waals surface area (Å²) in [7, 11) is 3.83. The van der Waals surface area contributed by atoms with Crippen LogP contribution in [-0.4, -0.2) is 16.8 Å². The van der Waals surface area contributed by atoms with E-state index in [0.717, 1.165) is 20.8 Å². The molecule has 0 spiro atoms. The molecule has 0 radical (unpaired) electrons. The van der Waals surface area contributed by atoms with E-state index in [-0.39, 0.29) is 6.04 Å². The van der Waals surface area contributed by atoms with Gasteiger partial charge in [0, 0.05) is 22.7 Å². The summed E-state index contributed by atoms with van der Waals surface area (Å²) in [5.74, 6) is 0. The molecular weight excluding hydrogens is 302 g/mol. The maximum atomic E-state index is 6.25. The van der Waals surface area contributed by atoms with Crippen molar-refractivity contribution in [2.24, 2.45) is 7.05 Å². The van der Waals surface area contributed by atoms with E-state index in [2.05, 4.69) is 26.3 Å². The number of aromatic nitrogens is 2. The van der Waals surface area contributed by atoms with Gasteiger partial charge in [-0.3, -0.25) is 4.68 Å². The van der Waals surface area contributed by atoms with Gasteiger partial charge in [-0.25, -0.2) is 0 Å². The maximum absolute atomic E-state index is 6.25. The molecule has 0 amide bonds. The highest BCUT2D eigenvalue weighted by molar-refractivity contribution is 9.10. The van der Waals surface area contributed by atoms with Gasteiger partial charge >= 0.3 is 0 Å². The Morgan fingerprint density at radius 2 is 2.18 bits per heavy atom. The Morgan fingerprint density at radius 3 is 2.76 bits per heavy atom. The van der Waals surface area contributed by atoms with Crippen molar-refractivity contribution >= 4 is 27.5 Å². The topological polar surface area (TPSA) is 29.9 Å². The highest BCUT2D eigenvalue weighted by Crippen LogP contribution is 2.30. The van der Waals surface area contributed by atoms with Crippen molar-refractivity contribution < 1.29 is 0 Å². The molecule has 2 aromatic rings. The number of hydrogen-bond acceptors (Lipinski definition) is 2. The van der Waals surface area contributed by atoms with Gasteiger partial charge in [-0.1, -0.05) is 27.5 Å². The van der Waals surface area contributed by atoms with Crippen molar-refractivity contribution in [1.29, 1.82) is 0 Å². The lowest BCUT2D eigenvalue weighted by molar-refractivity contribution is 0.606. The molecule has 0 aliphatic rings. The van der Waals surface area contributed by atoms with Gasteiger partial charge in [0.05, 0.1) is 11.7 Å². The molecule has 0 fully saturated rings. The van der Waals surface area contributed by atoms with Crippen LogP contribution in [0.4, 0.5) is 0 Å². The van der Waals surface area contributed by atoms with Gasteiger partial charge in [0.2, 0.25) is 0 Å². The van der Waals surface area contributed by atoms with Crippen LogP contribution in [0.3, 0.4) is 0 Å². The normalized spacial score (nSPS) is 12.7. The van der Waals surface area contributed by atoms with Crippen molar-refractivity contribution in [3.63, 3.8) is 0 Å². The molecule has 17 heavy (non-hydrogen) atoms. The van der Waals surface area contributed by atoms with Gasteiger partial charge in [-0.15, -0.1) is 0 Å². The molecule has 0 saturated heterocycles. The maximum Gasteiger partial charge on any atom is 0.0760 e. The first-order chi connectivity index (χ1) is 8.13. The molecule has 0 bridgehead atoms. The zero-order valence-corrected chi connectivity index (χ0v) is 12.0. The molecular formula is C12H13BrClN3. The number of rotatable bonds is 3. The first-order valence-corrected chi connectivity index (χ1v) is 6.40. The molecule has 1 atom stereocenters. The van der Waals surface area contributed by atoms with Crippen molar-refractivity contribution in [1.82, 2.24) is 15.1 Å². The predicted octanol–water partition coefficient (Wildman–Crippen LogP) is 3.14. The van der Waals surface area contributed by atoms with Crippen LogP contribution in [0.25, 0.3) is 0 Å². The fourth-order valence-electron chi connectivity index (χ4n) is 1.87. The molecule has 0 aliphatic heterocycles. The van der Waals surface area contributed by atoms with Gasteiger partial charge in [-0.05, 0) is 36.9 Å². The van der Waals surface area contributed by atoms with Crippen LogP contribution >= 0.6 is 27.5 Å². The summed E-state index contributed by atoms with van der Waals surface area (Å²) in [5.41, 5.74) is 2.11. The lowest BCUT2D eigenvalue weighted by Crippen LogP contribution is -2.21. The van der Waals surface area contributed by atoms with E-state index in [1.807, 2.05) is 43.0 Å². The average Bonchev–Trinajstić information content (AvgIpc) is 2.71. The Hall–Kier alpha value is -0.840. The minimum absolute atomic E-state index is 0.0347. The van der Waals surface area contributed by atoms with Gasteiger partial charge in [0.25, 0.3) is 0 Å². The highest BCUT2D eigenvalue weighted by Gasteiger charge is 2.18.